The quantitative estimate of drug-likeness (QED) is 0.429. The minimum atomic E-state index is -0.565. The van der Waals surface area contributed by atoms with Crippen LogP contribution < -0.4 is 24.7 Å². The molecule has 4 rings (SSSR count). The Labute approximate surface area is 195 Å². The van der Waals surface area contributed by atoms with Crippen molar-refractivity contribution in [3.63, 3.8) is 0 Å². The van der Waals surface area contributed by atoms with E-state index in [0.717, 1.165) is 0 Å². The molecule has 3 aromatic rings. The number of carbonyl (C=O) groups is 1. The zero-order valence-corrected chi connectivity index (χ0v) is 18.6. The Morgan fingerprint density at radius 2 is 1.82 bits per heavy atom. The number of nitrogens with two attached hydrogens (primary N) is 1. The van der Waals surface area contributed by atoms with Gasteiger partial charge >= 0.3 is 5.97 Å². The van der Waals surface area contributed by atoms with Crippen LogP contribution in [0.3, 0.4) is 0 Å². The van der Waals surface area contributed by atoms with Crippen molar-refractivity contribution in [2.45, 2.75) is 5.92 Å². The van der Waals surface area contributed by atoms with E-state index in [1.54, 1.807) is 54.6 Å². The van der Waals surface area contributed by atoms with Gasteiger partial charge in [0, 0.05) is 22.2 Å². The molecule has 33 heavy (non-hydrogen) atoms. The summed E-state index contributed by atoms with van der Waals surface area (Å²) in [6.45, 7) is 0. The number of benzene rings is 3. The van der Waals surface area contributed by atoms with Gasteiger partial charge in [0.25, 0.3) is 0 Å². The van der Waals surface area contributed by atoms with Crippen LogP contribution in [0.25, 0.3) is 0 Å². The molecule has 1 aliphatic heterocycles. The van der Waals surface area contributed by atoms with Gasteiger partial charge in [0.1, 0.15) is 23.1 Å². The fraction of sp³-hybridized carbons (Fsp3) is 0.120. The first-order valence-corrected chi connectivity index (χ1v) is 10.2. The van der Waals surface area contributed by atoms with Gasteiger partial charge in [-0.1, -0.05) is 29.8 Å². The number of esters is 1. The highest BCUT2D eigenvalue weighted by atomic mass is 35.5. The predicted octanol–water partition coefficient (Wildman–Crippen LogP) is 4.79. The van der Waals surface area contributed by atoms with Crippen molar-refractivity contribution < 1.29 is 23.7 Å². The molecule has 0 amide bonds. The third-order valence-electron chi connectivity index (χ3n) is 5.23. The summed E-state index contributed by atoms with van der Waals surface area (Å²) >= 11 is 5.87. The maximum Gasteiger partial charge on any atom is 0.343 e. The summed E-state index contributed by atoms with van der Waals surface area (Å²) in [5.41, 5.74) is 8.03. The summed E-state index contributed by atoms with van der Waals surface area (Å²) in [5.74, 6) is 0.477. The molecule has 0 aromatic heterocycles. The average Bonchev–Trinajstić information content (AvgIpc) is 2.82. The summed E-state index contributed by atoms with van der Waals surface area (Å²) in [6, 6.07) is 18.8. The van der Waals surface area contributed by atoms with Crippen molar-refractivity contribution in [1.82, 2.24) is 0 Å². The Balaban J connectivity index is 1.74. The van der Waals surface area contributed by atoms with E-state index in [1.807, 2.05) is 6.07 Å². The third kappa shape index (κ3) is 4.16. The lowest BCUT2D eigenvalue weighted by Crippen LogP contribution is -2.21. The molecule has 0 saturated heterocycles. The van der Waals surface area contributed by atoms with Crippen molar-refractivity contribution in [1.29, 1.82) is 5.26 Å². The van der Waals surface area contributed by atoms with Gasteiger partial charge in [-0.05, 0) is 36.4 Å². The Morgan fingerprint density at radius 3 is 2.48 bits per heavy atom. The molecule has 8 heteroatoms. The average molecular weight is 463 g/mol. The van der Waals surface area contributed by atoms with E-state index in [2.05, 4.69) is 6.07 Å². The lowest BCUT2D eigenvalue weighted by atomic mass is 9.83. The summed E-state index contributed by atoms with van der Waals surface area (Å²) in [6.07, 6.45) is 0. The maximum absolute atomic E-state index is 12.5. The molecule has 0 spiro atoms. The van der Waals surface area contributed by atoms with Crippen LogP contribution in [0.4, 0.5) is 0 Å². The second kappa shape index (κ2) is 9.15. The predicted molar refractivity (Wildman–Crippen MR) is 122 cm³/mol. The first-order valence-electron chi connectivity index (χ1n) is 9.87. The van der Waals surface area contributed by atoms with Crippen molar-refractivity contribution in [3.8, 4) is 29.1 Å². The lowest BCUT2D eigenvalue weighted by molar-refractivity contribution is 0.0734. The third-order valence-corrected chi connectivity index (χ3v) is 5.48. The second-order valence-electron chi connectivity index (χ2n) is 7.10. The van der Waals surface area contributed by atoms with Gasteiger partial charge in [0.15, 0.2) is 11.5 Å². The van der Waals surface area contributed by atoms with Gasteiger partial charge in [0.2, 0.25) is 5.88 Å². The van der Waals surface area contributed by atoms with E-state index in [1.165, 1.54) is 14.2 Å². The zero-order valence-electron chi connectivity index (χ0n) is 17.8. The first-order chi connectivity index (χ1) is 16.0. The normalized spacial score (nSPS) is 14.5. The number of allylic oxidation sites excluding steroid dienone is 1. The van der Waals surface area contributed by atoms with E-state index >= 15 is 0 Å². The van der Waals surface area contributed by atoms with Crippen LogP contribution in [-0.2, 0) is 0 Å². The number of ether oxygens (including phenoxy) is 4. The van der Waals surface area contributed by atoms with Crippen LogP contribution in [0.15, 0.2) is 72.1 Å². The van der Waals surface area contributed by atoms with E-state index in [9.17, 15) is 10.1 Å². The zero-order chi connectivity index (χ0) is 23.5. The lowest BCUT2D eigenvalue weighted by Gasteiger charge is -2.28. The minimum Gasteiger partial charge on any atom is -0.493 e. The fourth-order valence-electron chi connectivity index (χ4n) is 3.71. The minimum absolute atomic E-state index is 0.0407. The SMILES string of the molecule is COc1cccc(C2C(C#N)=C(N)Oc3cc(OC(=O)c4ccc(Cl)cc4)ccc32)c1OC. The van der Waals surface area contributed by atoms with Crippen LogP contribution in [0.1, 0.15) is 27.4 Å². The second-order valence-corrected chi connectivity index (χ2v) is 7.54. The molecular formula is C25H19ClN2O5. The number of nitrogens with zero attached hydrogens (tertiary/aromatic N) is 1. The van der Waals surface area contributed by atoms with Crippen LogP contribution in [-0.4, -0.2) is 20.2 Å². The smallest absolute Gasteiger partial charge is 0.343 e. The van der Waals surface area contributed by atoms with Gasteiger partial charge in [-0.25, -0.2) is 4.79 Å². The molecule has 0 saturated carbocycles. The number of methoxy groups -OCH3 is 2. The molecule has 0 aliphatic carbocycles. The Hall–Kier alpha value is -4.15. The Bertz CT molecular complexity index is 1300. The van der Waals surface area contributed by atoms with Crippen molar-refractivity contribution in [2.75, 3.05) is 14.2 Å². The molecule has 1 aliphatic rings. The molecule has 3 aromatic carbocycles. The van der Waals surface area contributed by atoms with Crippen molar-refractivity contribution in [2.24, 2.45) is 5.73 Å². The van der Waals surface area contributed by atoms with E-state index in [0.29, 0.717) is 39.0 Å². The molecule has 1 atom stereocenters. The molecule has 0 fully saturated rings. The topological polar surface area (TPSA) is 104 Å². The monoisotopic (exact) mass is 462 g/mol. The Kier molecular flexibility index (Phi) is 6.11. The number of para-hydroxylation sites is 1. The van der Waals surface area contributed by atoms with Gasteiger partial charge in [-0.2, -0.15) is 5.26 Å². The highest BCUT2D eigenvalue weighted by Crippen LogP contribution is 2.47. The maximum atomic E-state index is 12.5. The number of hydrogen-bond donors (Lipinski definition) is 1. The van der Waals surface area contributed by atoms with Crippen molar-refractivity contribution in [3.05, 3.63) is 93.8 Å². The van der Waals surface area contributed by atoms with Gasteiger partial charge in [-0.15, -0.1) is 0 Å². The standard InChI is InChI=1S/C25H19ClN2O5/c1-30-20-5-3-4-18(23(20)31-2)22-17-11-10-16(12-21(17)33-24(28)19(22)13-27)32-25(29)14-6-8-15(26)9-7-14/h3-12,22H,28H2,1-2H3. The molecule has 1 unspecified atom stereocenters. The van der Waals surface area contributed by atoms with E-state index in [-0.39, 0.29) is 17.2 Å². The first kappa shape index (κ1) is 22.1. The van der Waals surface area contributed by atoms with E-state index in [4.69, 9.17) is 36.3 Å². The van der Waals surface area contributed by atoms with Crippen molar-refractivity contribution >= 4 is 17.6 Å². The van der Waals surface area contributed by atoms with Crippen LogP contribution >= 0.6 is 11.6 Å². The summed E-state index contributed by atoms with van der Waals surface area (Å²) in [5, 5.41) is 10.3. The van der Waals surface area contributed by atoms with Crippen LogP contribution in [0, 0.1) is 11.3 Å². The van der Waals surface area contributed by atoms with Gasteiger partial charge < -0.3 is 24.7 Å². The molecule has 166 valence electrons. The summed E-state index contributed by atoms with van der Waals surface area (Å²) in [7, 11) is 3.07. The number of rotatable bonds is 5. The number of hydrogen-bond acceptors (Lipinski definition) is 7. The van der Waals surface area contributed by atoms with E-state index < -0.39 is 11.9 Å². The summed E-state index contributed by atoms with van der Waals surface area (Å²) in [4.78, 5) is 12.5. The fourth-order valence-corrected chi connectivity index (χ4v) is 3.84. The van der Waals surface area contributed by atoms with Crippen LogP contribution in [0.5, 0.6) is 23.0 Å². The molecule has 7 nitrogen and oxygen atoms in total. The molecule has 1 heterocycles. The van der Waals surface area contributed by atoms with Crippen LogP contribution in [0.2, 0.25) is 5.02 Å². The molecule has 0 bridgehead atoms. The highest BCUT2D eigenvalue weighted by molar-refractivity contribution is 6.30. The number of carbonyl (C=O) groups excluding carboxylic acids is 1. The highest BCUT2D eigenvalue weighted by Gasteiger charge is 2.33. The van der Waals surface area contributed by atoms with Gasteiger partial charge in [-0.3, -0.25) is 0 Å². The molecular weight excluding hydrogens is 444 g/mol. The molecule has 0 radical (unpaired) electrons. The number of nitriles is 1. The number of halogens is 1. The number of fused-ring (bicyclic) bond motifs is 1. The largest absolute Gasteiger partial charge is 0.493 e. The van der Waals surface area contributed by atoms with Gasteiger partial charge in [0.05, 0.1) is 25.7 Å². The summed E-state index contributed by atoms with van der Waals surface area (Å²) < 4.78 is 22.2. The molecule has 2 N–H and O–H groups in total. The Morgan fingerprint density at radius 1 is 1.06 bits per heavy atom.